The summed E-state index contributed by atoms with van der Waals surface area (Å²) in [5.74, 6) is 1.08. The van der Waals surface area contributed by atoms with E-state index in [9.17, 15) is 14.4 Å². The van der Waals surface area contributed by atoms with E-state index < -0.39 is 0 Å². The van der Waals surface area contributed by atoms with Crippen molar-refractivity contribution in [1.29, 1.82) is 0 Å². The number of nitrogens with one attached hydrogen (secondary N) is 1. The number of hydrogen-bond acceptors (Lipinski definition) is 9. The number of halogens is 1. The lowest BCUT2D eigenvalue weighted by Gasteiger charge is -2.32. The molecule has 2 saturated carbocycles. The van der Waals surface area contributed by atoms with Gasteiger partial charge in [-0.2, -0.15) is 0 Å². The molecule has 0 radical (unpaired) electrons. The third-order valence-electron chi connectivity index (χ3n) is 15.1. The number of anilines is 1. The van der Waals surface area contributed by atoms with Gasteiger partial charge in [0.15, 0.2) is 5.82 Å². The zero-order chi connectivity index (χ0) is 41.4. The summed E-state index contributed by atoms with van der Waals surface area (Å²) in [5.41, 5.74) is 8.40. The highest BCUT2D eigenvalue weighted by Gasteiger charge is 2.58. The number of esters is 1. The number of methoxy groups -OCH3 is 2. The van der Waals surface area contributed by atoms with Gasteiger partial charge in [-0.1, -0.05) is 48.0 Å². The molecule has 314 valence electrons. The Bertz CT molecular complexity index is 2400. The number of amides is 2. The van der Waals surface area contributed by atoms with Crippen molar-refractivity contribution in [3.05, 3.63) is 81.9 Å². The summed E-state index contributed by atoms with van der Waals surface area (Å²) in [6.07, 6.45) is 10.1. The first-order chi connectivity index (χ1) is 29.0. The number of rotatable bonds is 10. The average Bonchev–Trinajstić information content (AvgIpc) is 4.14. The van der Waals surface area contributed by atoms with Gasteiger partial charge in [0.2, 0.25) is 11.8 Å². The van der Waals surface area contributed by atoms with Crippen LogP contribution < -0.4 is 15.0 Å². The van der Waals surface area contributed by atoms with E-state index in [1.54, 1.807) is 7.11 Å². The molecule has 1 N–H and O–H groups in total. The SMILES string of the molecule is COC(=O)C12CCC(CCN3CCc4c(nc(C(=O)N5CCc6c(-c7cccc(-c8ccc(CN9CCC%10(CCC(=O)N%10)C9)c(OC)n8)c7Cl)cccc65)n4C)C3)(CC1)C2. The van der Waals surface area contributed by atoms with Gasteiger partial charge in [-0.3, -0.25) is 24.2 Å². The number of imidazole rings is 1. The van der Waals surface area contributed by atoms with Gasteiger partial charge in [0.25, 0.3) is 5.91 Å². The molecule has 6 aliphatic rings. The monoisotopic (exact) mass is 831 g/mol. The second kappa shape index (κ2) is 15.0. The molecule has 4 aliphatic heterocycles. The fourth-order valence-electron chi connectivity index (χ4n) is 11.8. The second-order valence-electron chi connectivity index (χ2n) is 18.4. The number of likely N-dealkylation sites (tertiary alicyclic amines) is 1. The van der Waals surface area contributed by atoms with Crippen LogP contribution in [-0.4, -0.2) is 94.6 Å². The molecular formula is C47H54ClN7O5. The van der Waals surface area contributed by atoms with Crippen molar-refractivity contribution in [3.8, 4) is 28.3 Å². The van der Waals surface area contributed by atoms with Crippen molar-refractivity contribution in [2.24, 2.45) is 17.9 Å². The molecule has 12 nitrogen and oxygen atoms in total. The van der Waals surface area contributed by atoms with Crippen molar-refractivity contribution < 1.29 is 23.9 Å². The smallest absolute Gasteiger partial charge is 0.311 e. The number of carbonyl (C=O) groups is 3. The van der Waals surface area contributed by atoms with Crippen LogP contribution in [0.2, 0.25) is 5.02 Å². The largest absolute Gasteiger partial charge is 0.481 e. The molecule has 2 aromatic carbocycles. The molecule has 13 heteroatoms. The lowest BCUT2D eigenvalue weighted by atomic mass is 9.80. The summed E-state index contributed by atoms with van der Waals surface area (Å²) in [7, 11) is 5.14. The summed E-state index contributed by atoms with van der Waals surface area (Å²) in [6, 6.07) is 16.2. The van der Waals surface area contributed by atoms with E-state index in [0.29, 0.717) is 42.7 Å². The van der Waals surface area contributed by atoms with Gasteiger partial charge < -0.3 is 24.3 Å². The lowest BCUT2D eigenvalue weighted by Crippen LogP contribution is -2.43. The number of pyridine rings is 1. The van der Waals surface area contributed by atoms with Gasteiger partial charge in [0.05, 0.1) is 41.6 Å². The van der Waals surface area contributed by atoms with Gasteiger partial charge in [0, 0.05) is 87.2 Å². The highest BCUT2D eigenvalue weighted by atomic mass is 35.5. The maximum absolute atomic E-state index is 14.4. The van der Waals surface area contributed by atoms with Crippen LogP contribution in [0, 0.1) is 10.8 Å². The van der Waals surface area contributed by atoms with E-state index in [1.807, 2.05) is 52.9 Å². The van der Waals surface area contributed by atoms with Crippen LogP contribution in [0.3, 0.4) is 0 Å². The minimum atomic E-state index is -0.262. The predicted octanol–water partition coefficient (Wildman–Crippen LogP) is 6.74. The van der Waals surface area contributed by atoms with Crippen molar-refractivity contribution in [2.45, 2.75) is 89.3 Å². The van der Waals surface area contributed by atoms with Crippen LogP contribution in [0.25, 0.3) is 22.4 Å². The zero-order valence-corrected chi connectivity index (χ0v) is 35.7. The molecule has 4 aromatic rings. The highest BCUT2D eigenvalue weighted by molar-refractivity contribution is 6.36. The van der Waals surface area contributed by atoms with Gasteiger partial charge in [0.1, 0.15) is 0 Å². The molecular weight excluding hydrogens is 778 g/mol. The maximum atomic E-state index is 14.4. The average molecular weight is 832 g/mol. The number of nitrogens with zero attached hydrogens (tertiary/aromatic N) is 6. The van der Waals surface area contributed by atoms with Gasteiger partial charge in [-0.05, 0) is 93.0 Å². The standard InChI is InChI=1S/C47H54ClN7O5/c1-52-38-14-22-53(24-20-45-16-18-46(28-45,19-17-45)44(58)60-3)27-36(38)49-41(52)43(57)55-23-13-32-31(6-5-9-37(32)55)33-7-4-8-34(40(33)48)35-11-10-30(42(50-35)59-2)26-54-25-21-47(29-54)15-12-39(56)51-47/h4-11H,12-29H2,1-3H3,(H,51,56). The Morgan fingerprint density at radius 1 is 0.867 bits per heavy atom. The first kappa shape index (κ1) is 39.4. The van der Waals surface area contributed by atoms with Crippen LogP contribution in [0.4, 0.5) is 5.69 Å². The Balaban J connectivity index is 0.839. The van der Waals surface area contributed by atoms with Gasteiger partial charge in [-0.25, -0.2) is 9.97 Å². The summed E-state index contributed by atoms with van der Waals surface area (Å²) in [4.78, 5) is 55.6. The van der Waals surface area contributed by atoms with Crippen LogP contribution in [0.5, 0.6) is 5.88 Å². The van der Waals surface area contributed by atoms with Crippen molar-refractivity contribution in [2.75, 3.05) is 51.8 Å². The van der Waals surface area contributed by atoms with Crippen LogP contribution in [0.15, 0.2) is 48.5 Å². The predicted molar refractivity (Wildman–Crippen MR) is 229 cm³/mol. The second-order valence-corrected chi connectivity index (χ2v) is 18.8. The van der Waals surface area contributed by atoms with E-state index >= 15 is 0 Å². The number of hydrogen-bond donors (Lipinski definition) is 1. The number of benzene rings is 2. The first-order valence-electron chi connectivity index (χ1n) is 21.7. The molecule has 2 bridgehead atoms. The number of carbonyl (C=O) groups excluding carboxylic acids is 3. The number of fused-ring (bicyclic) bond motifs is 4. The fourth-order valence-corrected chi connectivity index (χ4v) is 12.1. The lowest BCUT2D eigenvalue weighted by molar-refractivity contribution is -0.152. The topological polar surface area (TPSA) is 122 Å². The fraction of sp³-hybridized carbons (Fsp3) is 0.511. The summed E-state index contributed by atoms with van der Waals surface area (Å²) >= 11 is 7.28. The van der Waals surface area contributed by atoms with Crippen LogP contribution in [0.1, 0.15) is 90.9 Å². The molecule has 1 atom stereocenters. The zero-order valence-electron chi connectivity index (χ0n) is 34.9. The van der Waals surface area contributed by atoms with Crippen molar-refractivity contribution in [1.82, 2.24) is 29.7 Å². The quantitative estimate of drug-likeness (QED) is 0.173. The van der Waals surface area contributed by atoms with Crippen molar-refractivity contribution in [3.63, 3.8) is 0 Å². The maximum Gasteiger partial charge on any atom is 0.311 e. The Kier molecular flexibility index (Phi) is 9.83. The Labute approximate surface area is 356 Å². The molecule has 4 fully saturated rings. The Hall–Kier alpha value is -4.78. The van der Waals surface area contributed by atoms with Gasteiger partial charge >= 0.3 is 5.97 Å². The summed E-state index contributed by atoms with van der Waals surface area (Å²) < 4.78 is 13.0. The van der Waals surface area contributed by atoms with Crippen molar-refractivity contribution >= 4 is 35.1 Å². The molecule has 60 heavy (non-hydrogen) atoms. The molecule has 6 heterocycles. The Morgan fingerprint density at radius 3 is 2.45 bits per heavy atom. The Morgan fingerprint density at radius 2 is 1.67 bits per heavy atom. The highest BCUT2D eigenvalue weighted by Crippen LogP contribution is 2.63. The number of aromatic nitrogens is 3. The van der Waals surface area contributed by atoms with Crippen LogP contribution in [-0.2, 0) is 47.3 Å². The molecule has 1 spiro atoms. The minimum absolute atomic E-state index is 0.0216. The first-order valence-corrected chi connectivity index (χ1v) is 22.1. The molecule has 1 unspecified atom stereocenters. The normalized spacial score (nSPS) is 25.9. The van der Waals surface area contributed by atoms with E-state index in [4.69, 9.17) is 31.0 Å². The van der Waals surface area contributed by atoms with E-state index in [2.05, 4.69) is 27.2 Å². The summed E-state index contributed by atoms with van der Waals surface area (Å²) in [5, 5.41) is 3.81. The van der Waals surface area contributed by atoms with Gasteiger partial charge in [-0.15, -0.1) is 0 Å². The number of ether oxygens (including phenoxy) is 2. The summed E-state index contributed by atoms with van der Waals surface area (Å²) in [6.45, 7) is 5.62. The molecule has 2 amide bonds. The van der Waals surface area contributed by atoms with Crippen LogP contribution >= 0.6 is 11.6 Å². The van der Waals surface area contributed by atoms with E-state index in [1.165, 1.54) is 7.11 Å². The third-order valence-corrected chi connectivity index (χ3v) is 15.5. The minimum Gasteiger partial charge on any atom is -0.481 e. The molecule has 2 aromatic heterocycles. The molecule has 10 rings (SSSR count). The third kappa shape index (κ3) is 6.61. The molecule has 2 aliphatic carbocycles. The molecule has 2 saturated heterocycles. The van der Waals surface area contributed by atoms with E-state index in [-0.39, 0.29) is 34.2 Å². The van der Waals surface area contributed by atoms with E-state index in [0.717, 1.165) is 141 Å².